The van der Waals surface area contributed by atoms with Gasteiger partial charge in [-0.3, -0.25) is 9.69 Å². The molecule has 1 fully saturated rings. The van der Waals surface area contributed by atoms with Crippen LogP contribution in [-0.4, -0.2) is 42.2 Å². The van der Waals surface area contributed by atoms with Crippen LogP contribution in [0.1, 0.15) is 42.0 Å². The summed E-state index contributed by atoms with van der Waals surface area (Å²) in [5.41, 5.74) is 5.35. The van der Waals surface area contributed by atoms with Crippen LogP contribution in [-0.2, 0) is 23.8 Å². The number of fused-ring (bicyclic) bond motifs is 1. The molecule has 0 saturated carbocycles. The molecule has 0 bridgehead atoms. The maximum absolute atomic E-state index is 12.7. The molecule has 4 nitrogen and oxygen atoms in total. The molecule has 0 unspecified atom stereocenters. The van der Waals surface area contributed by atoms with Crippen molar-refractivity contribution >= 4 is 23.9 Å². The van der Waals surface area contributed by atoms with Crippen molar-refractivity contribution in [1.82, 2.24) is 4.90 Å². The van der Waals surface area contributed by atoms with Crippen LogP contribution in [0.5, 0.6) is 5.75 Å². The molecule has 0 atom stereocenters. The normalized spacial score (nSPS) is 16.5. The molecular formula is C26H29ClF3NO3. The van der Waals surface area contributed by atoms with E-state index in [4.69, 9.17) is 9.84 Å². The summed E-state index contributed by atoms with van der Waals surface area (Å²) in [4.78, 5) is 13.2. The summed E-state index contributed by atoms with van der Waals surface area (Å²) in [5, 5.41) is 9.05. The first-order valence-electron chi connectivity index (χ1n) is 11.3. The van der Waals surface area contributed by atoms with Crippen molar-refractivity contribution in [3.05, 3.63) is 70.3 Å². The lowest BCUT2D eigenvalue weighted by atomic mass is 9.85. The third kappa shape index (κ3) is 6.13. The van der Waals surface area contributed by atoms with Crippen molar-refractivity contribution in [1.29, 1.82) is 0 Å². The quantitative estimate of drug-likeness (QED) is 0.465. The van der Waals surface area contributed by atoms with Gasteiger partial charge in [0.15, 0.2) is 0 Å². The molecule has 1 N–H and O–H groups in total. The summed E-state index contributed by atoms with van der Waals surface area (Å²) >= 11 is 0. The van der Waals surface area contributed by atoms with Crippen LogP contribution >= 0.6 is 12.4 Å². The van der Waals surface area contributed by atoms with Crippen LogP contribution in [0.3, 0.4) is 0 Å². The number of allylic oxidation sites excluding steroid dienone is 1. The van der Waals surface area contributed by atoms with E-state index in [1.807, 2.05) is 6.07 Å². The van der Waals surface area contributed by atoms with Gasteiger partial charge in [0.05, 0.1) is 18.1 Å². The van der Waals surface area contributed by atoms with Crippen LogP contribution < -0.4 is 4.74 Å². The van der Waals surface area contributed by atoms with Crippen molar-refractivity contribution < 1.29 is 27.8 Å². The Kier molecular flexibility index (Phi) is 8.31. The zero-order chi connectivity index (χ0) is 23.6. The van der Waals surface area contributed by atoms with E-state index in [2.05, 4.69) is 24.0 Å². The van der Waals surface area contributed by atoms with Crippen molar-refractivity contribution in [2.24, 2.45) is 5.92 Å². The standard InChI is InChI=1S/C26H28F3NO3.ClH/c1-17-20(14-30-15-21(16-30)25(31)32)7-6-19-13-23(10-11-24(17)19)33-12-2-3-18-4-8-22(9-5-18)26(27,28)29;/h4-5,8-11,13,21H,2-3,6-7,12,14-16H2,1H3,(H,31,32);1H. The number of hydrogen-bond donors (Lipinski definition) is 1. The van der Waals surface area contributed by atoms with E-state index in [1.165, 1.54) is 34.4 Å². The molecule has 2 aromatic carbocycles. The van der Waals surface area contributed by atoms with Gasteiger partial charge < -0.3 is 9.84 Å². The number of rotatable bonds is 8. The highest BCUT2D eigenvalue weighted by Gasteiger charge is 2.33. The average molecular weight is 496 g/mol. The van der Waals surface area contributed by atoms with E-state index in [9.17, 15) is 18.0 Å². The van der Waals surface area contributed by atoms with Crippen LogP contribution in [0.15, 0.2) is 48.0 Å². The van der Waals surface area contributed by atoms with Gasteiger partial charge in [0.2, 0.25) is 0 Å². The summed E-state index contributed by atoms with van der Waals surface area (Å²) in [6, 6.07) is 11.4. The Morgan fingerprint density at radius 2 is 1.82 bits per heavy atom. The van der Waals surface area contributed by atoms with Gasteiger partial charge in [0.25, 0.3) is 0 Å². The van der Waals surface area contributed by atoms with Gasteiger partial charge in [-0.15, -0.1) is 12.4 Å². The van der Waals surface area contributed by atoms with Gasteiger partial charge in [0.1, 0.15) is 5.75 Å². The topological polar surface area (TPSA) is 49.8 Å². The van der Waals surface area contributed by atoms with Crippen molar-refractivity contribution in [2.75, 3.05) is 26.2 Å². The van der Waals surface area contributed by atoms with Gasteiger partial charge in [-0.1, -0.05) is 23.8 Å². The summed E-state index contributed by atoms with van der Waals surface area (Å²) in [7, 11) is 0. The number of nitrogens with zero attached hydrogens (tertiary/aromatic N) is 1. The second-order valence-corrected chi connectivity index (χ2v) is 8.92. The van der Waals surface area contributed by atoms with E-state index in [0.29, 0.717) is 26.1 Å². The Morgan fingerprint density at radius 3 is 2.47 bits per heavy atom. The van der Waals surface area contributed by atoms with E-state index < -0.39 is 17.7 Å². The zero-order valence-electron chi connectivity index (χ0n) is 19.0. The number of carboxylic acids is 1. The number of ether oxygens (including phenoxy) is 1. The Hall–Kier alpha value is -2.51. The first-order valence-corrected chi connectivity index (χ1v) is 11.3. The lowest BCUT2D eigenvalue weighted by Crippen LogP contribution is -2.50. The van der Waals surface area contributed by atoms with Crippen molar-refractivity contribution in [2.45, 2.75) is 38.8 Å². The number of aryl methyl sites for hydroxylation is 2. The van der Waals surface area contributed by atoms with Crippen molar-refractivity contribution in [3.63, 3.8) is 0 Å². The molecule has 1 aliphatic carbocycles. The molecule has 0 radical (unpaired) electrons. The highest BCUT2D eigenvalue weighted by atomic mass is 35.5. The first-order chi connectivity index (χ1) is 15.7. The molecule has 2 aliphatic rings. The molecule has 184 valence electrons. The predicted octanol–water partition coefficient (Wildman–Crippen LogP) is 5.87. The van der Waals surface area contributed by atoms with Gasteiger partial charge in [-0.25, -0.2) is 0 Å². The maximum atomic E-state index is 12.7. The number of carboxylic acid groups (broad SMARTS) is 1. The molecule has 34 heavy (non-hydrogen) atoms. The minimum atomic E-state index is -4.30. The summed E-state index contributed by atoms with van der Waals surface area (Å²) in [5.74, 6) is -0.136. The molecule has 1 saturated heterocycles. The van der Waals surface area contributed by atoms with Crippen LogP contribution in [0.2, 0.25) is 0 Å². The minimum absolute atomic E-state index is 0. The zero-order valence-corrected chi connectivity index (χ0v) is 19.8. The average Bonchev–Trinajstić information content (AvgIpc) is 2.74. The fraction of sp³-hybridized carbons (Fsp3) is 0.423. The summed E-state index contributed by atoms with van der Waals surface area (Å²) in [6.45, 7) is 4.71. The van der Waals surface area contributed by atoms with E-state index in [0.717, 1.165) is 49.3 Å². The number of halogens is 4. The lowest BCUT2D eigenvalue weighted by molar-refractivity contribution is -0.147. The molecular weight excluding hydrogens is 467 g/mol. The molecule has 0 aromatic heterocycles. The first kappa shape index (κ1) is 26.1. The van der Waals surface area contributed by atoms with Crippen molar-refractivity contribution in [3.8, 4) is 5.75 Å². The Morgan fingerprint density at radius 1 is 1.12 bits per heavy atom. The van der Waals surface area contributed by atoms with E-state index in [-0.39, 0.29) is 18.3 Å². The van der Waals surface area contributed by atoms with Gasteiger partial charge >= 0.3 is 12.1 Å². The molecule has 1 heterocycles. The third-order valence-electron chi connectivity index (χ3n) is 6.59. The number of alkyl halides is 3. The van der Waals surface area contributed by atoms with Crippen LogP contribution in [0.4, 0.5) is 13.2 Å². The highest BCUT2D eigenvalue weighted by Crippen LogP contribution is 2.34. The number of aliphatic carboxylic acids is 1. The van der Waals surface area contributed by atoms with E-state index >= 15 is 0 Å². The molecule has 1 aliphatic heterocycles. The molecule has 0 amide bonds. The third-order valence-corrected chi connectivity index (χ3v) is 6.59. The molecule has 8 heteroatoms. The molecule has 0 spiro atoms. The monoisotopic (exact) mass is 495 g/mol. The number of hydrogen-bond acceptors (Lipinski definition) is 3. The predicted molar refractivity (Wildman–Crippen MR) is 127 cm³/mol. The Bertz CT molecular complexity index is 1040. The van der Waals surface area contributed by atoms with E-state index in [1.54, 1.807) is 0 Å². The van der Waals surface area contributed by atoms with Gasteiger partial charge in [-0.2, -0.15) is 13.2 Å². The maximum Gasteiger partial charge on any atom is 0.416 e. The minimum Gasteiger partial charge on any atom is -0.494 e. The number of carbonyl (C=O) groups is 1. The largest absolute Gasteiger partial charge is 0.494 e. The van der Waals surface area contributed by atoms with Crippen LogP contribution in [0.25, 0.3) is 5.57 Å². The second-order valence-electron chi connectivity index (χ2n) is 8.92. The fourth-order valence-electron chi connectivity index (χ4n) is 4.55. The molecule has 2 aromatic rings. The van der Waals surface area contributed by atoms with Gasteiger partial charge in [-0.05, 0) is 79.1 Å². The smallest absolute Gasteiger partial charge is 0.416 e. The van der Waals surface area contributed by atoms with Gasteiger partial charge in [0, 0.05) is 19.6 Å². The molecule has 4 rings (SSSR count). The number of benzene rings is 2. The highest BCUT2D eigenvalue weighted by molar-refractivity contribution is 5.85. The van der Waals surface area contributed by atoms with Crippen LogP contribution in [0, 0.1) is 5.92 Å². The SMILES string of the molecule is CC1=C(CN2CC(C(=O)O)C2)CCc2cc(OCCCc3ccc(C(F)(F)F)cc3)ccc21.Cl. The summed E-state index contributed by atoms with van der Waals surface area (Å²) in [6.07, 6.45) is -1.03. The lowest BCUT2D eigenvalue weighted by Gasteiger charge is -2.38. The summed E-state index contributed by atoms with van der Waals surface area (Å²) < 4.78 is 43.8. The second kappa shape index (κ2) is 10.8. The Balaban J connectivity index is 0.00000324. The Labute approximate surface area is 203 Å². The number of likely N-dealkylation sites (tertiary alicyclic amines) is 1. The fourth-order valence-corrected chi connectivity index (χ4v) is 4.55.